The van der Waals surface area contributed by atoms with Gasteiger partial charge in [-0.15, -0.1) is 11.3 Å². The molecule has 1 N–H and O–H groups in total. The summed E-state index contributed by atoms with van der Waals surface area (Å²) in [7, 11) is 1.91. The number of aliphatic hydroxyl groups is 1. The van der Waals surface area contributed by atoms with Crippen LogP contribution in [0.3, 0.4) is 0 Å². The van der Waals surface area contributed by atoms with Crippen LogP contribution < -0.4 is 24.2 Å². The highest BCUT2D eigenvalue weighted by Crippen LogP contribution is 2.45. The summed E-state index contributed by atoms with van der Waals surface area (Å²) in [5.41, 5.74) is 2.84. The molecule has 0 aliphatic carbocycles. The molecular weight excluding hydrogens is 489 g/mol. The van der Waals surface area contributed by atoms with Gasteiger partial charge in [0.1, 0.15) is 20.0 Å². The van der Waals surface area contributed by atoms with Crippen LogP contribution in [0.4, 0.5) is 10.1 Å². The predicted molar refractivity (Wildman–Crippen MR) is 137 cm³/mol. The van der Waals surface area contributed by atoms with Crippen LogP contribution in [0, 0.1) is 5.82 Å². The fourth-order valence-electron chi connectivity index (χ4n) is 4.01. The Kier molecular flexibility index (Phi) is 6.44. The number of nitrogens with zero attached hydrogens (tertiary/aromatic N) is 3. The molecule has 0 bridgehead atoms. The largest absolute Gasteiger partial charge is 0.392 e. The maximum absolute atomic E-state index is 13.7. The Morgan fingerprint density at radius 3 is 2.74 bits per heavy atom. The average molecular weight is 513 g/mol. The van der Waals surface area contributed by atoms with Crippen molar-refractivity contribution in [2.75, 3.05) is 11.9 Å². The van der Waals surface area contributed by atoms with Crippen molar-refractivity contribution >= 4 is 51.2 Å². The van der Waals surface area contributed by atoms with Crippen molar-refractivity contribution in [2.45, 2.75) is 31.5 Å². The molecule has 0 saturated carbocycles. The summed E-state index contributed by atoms with van der Waals surface area (Å²) in [6, 6.07) is 12.6. The monoisotopic (exact) mass is 512 g/mol. The van der Waals surface area contributed by atoms with E-state index in [-0.39, 0.29) is 18.0 Å². The molecule has 5 rings (SSSR count). The van der Waals surface area contributed by atoms with Crippen LogP contribution in [0.2, 0.25) is 0 Å². The third-order valence-electron chi connectivity index (χ3n) is 5.81. The SMILES string of the molecule is CCn1c(=O)/c(=C2\Sc3cc(F)ccc3N2C)s/c1=C\c1scc[n+]1Cc1ccccc1CO. The second-order valence-electron chi connectivity index (χ2n) is 7.84. The van der Waals surface area contributed by atoms with E-state index in [0.29, 0.717) is 17.6 Å². The quantitative estimate of drug-likeness (QED) is 0.418. The average Bonchev–Trinajstić information content (AvgIpc) is 3.50. The lowest BCUT2D eigenvalue weighted by molar-refractivity contribution is -0.685. The number of aliphatic hydroxyl groups excluding tert-OH is 1. The van der Waals surface area contributed by atoms with E-state index in [1.807, 2.05) is 54.7 Å². The van der Waals surface area contributed by atoms with Crippen molar-refractivity contribution in [1.82, 2.24) is 4.57 Å². The first-order valence-electron chi connectivity index (χ1n) is 10.8. The lowest BCUT2D eigenvalue weighted by Gasteiger charge is -2.12. The Bertz CT molecular complexity index is 1550. The smallest absolute Gasteiger partial charge is 0.271 e. The van der Waals surface area contributed by atoms with Gasteiger partial charge in [0.05, 0.1) is 23.8 Å². The Balaban J connectivity index is 1.60. The summed E-state index contributed by atoms with van der Waals surface area (Å²) in [6.07, 6.45) is 4.08. The van der Waals surface area contributed by atoms with Crippen LogP contribution in [-0.2, 0) is 19.7 Å². The lowest BCUT2D eigenvalue weighted by atomic mass is 10.1. The highest BCUT2D eigenvalue weighted by atomic mass is 32.2. The fourth-order valence-corrected chi connectivity index (χ4v) is 7.35. The maximum Gasteiger partial charge on any atom is 0.271 e. The summed E-state index contributed by atoms with van der Waals surface area (Å²) >= 11 is 4.50. The van der Waals surface area contributed by atoms with Gasteiger partial charge in [0, 0.05) is 24.1 Å². The molecule has 3 heterocycles. The van der Waals surface area contributed by atoms with Crippen molar-refractivity contribution in [1.29, 1.82) is 0 Å². The van der Waals surface area contributed by atoms with Gasteiger partial charge in [-0.05, 0) is 30.7 Å². The van der Waals surface area contributed by atoms with Gasteiger partial charge < -0.3 is 10.0 Å². The van der Waals surface area contributed by atoms with Gasteiger partial charge in [-0.1, -0.05) is 47.4 Å². The number of halogens is 1. The molecule has 34 heavy (non-hydrogen) atoms. The number of fused-ring (bicyclic) bond motifs is 1. The molecule has 5 nitrogen and oxygen atoms in total. The molecule has 0 radical (unpaired) electrons. The molecule has 1 aliphatic rings. The highest BCUT2D eigenvalue weighted by Gasteiger charge is 2.25. The number of aromatic nitrogens is 2. The molecule has 0 saturated heterocycles. The van der Waals surface area contributed by atoms with Crippen LogP contribution in [-0.4, -0.2) is 16.7 Å². The lowest BCUT2D eigenvalue weighted by Crippen LogP contribution is -2.36. The number of rotatable bonds is 5. The maximum atomic E-state index is 13.7. The molecule has 0 unspecified atom stereocenters. The second-order valence-corrected chi connectivity index (χ2v) is 10.8. The Morgan fingerprint density at radius 2 is 1.97 bits per heavy atom. The fraction of sp³-hybridized carbons (Fsp3) is 0.200. The first kappa shape index (κ1) is 23.0. The zero-order valence-corrected chi connectivity index (χ0v) is 21.1. The molecule has 0 amide bonds. The van der Waals surface area contributed by atoms with Crippen LogP contribution in [0.5, 0.6) is 0 Å². The van der Waals surface area contributed by atoms with Crippen molar-refractivity contribution < 1.29 is 14.1 Å². The topological polar surface area (TPSA) is 49.4 Å². The second kappa shape index (κ2) is 9.50. The number of anilines is 1. The van der Waals surface area contributed by atoms with E-state index in [0.717, 1.165) is 36.4 Å². The number of benzene rings is 2. The summed E-state index contributed by atoms with van der Waals surface area (Å²) < 4.78 is 19.2. The minimum absolute atomic E-state index is 0.000334. The Hall–Kier alpha value is -2.72. The van der Waals surface area contributed by atoms with E-state index in [1.165, 1.54) is 35.2 Å². The number of hydrogen-bond donors (Lipinski definition) is 1. The summed E-state index contributed by atoms with van der Waals surface area (Å²) in [5.74, 6) is -0.280. The standard InChI is InChI=1S/C25H23FN3O2S3/c1-3-29-22(13-21-28(10-11-32-21)14-16-6-4-5-7-17(16)15-30)34-23(24(29)31)25-27(2)19-9-8-18(26)12-20(19)33-25/h4-13,30H,3,14-15H2,1-2H3/q+1/b25-23+. The van der Waals surface area contributed by atoms with Crippen molar-refractivity contribution in [2.24, 2.45) is 0 Å². The van der Waals surface area contributed by atoms with E-state index < -0.39 is 0 Å². The summed E-state index contributed by atoms with van der Waals surface area (Å²) in [5, 5.41) is 13.5. The Morgan fingerprint density at radius 1 is 1.18 bits per heavy atom. The minimum atomic E-state index is -0.280. The van der Waals surface area contributed by atoms with Crippen molar-refractivity contribution in [3.8, 4) is 0 Å². The van der Waals surface area contributed by atoms with E-state index in [1.54, 1.807) is 22.0 Å². The summed E-state index contributed by atoms with van der Waals surface area (Å²) in [6.45, 7) is 3.16. The Labute approximate surface area is 208 Å². The highest BCUT2D eigenvalue weighted by molar-refractivity contribution is 8.08. The van der Waals surface area contributed by atoms with Gasteiger partial charge in [-0.25, -0.2) is 4.39 Å². The molecule has 4 aromatic rings. The van der Waals surface area contributed by atoms with E-state index in [9.17, 15) is 14.3 Å². The third-order valence-corrected chi connectivity index (χ3v) is 9.12. The van der Waals surface area contributed by atoms with Crippen molar-refractivity contribution in [3.63, 3.8) is 0 Å². The van der Waals surface area contributed by atoms with Crippen LogP contribution in [0.1, 0.15) is 23.1 Å². The van der Waals surface area contributed by atoms with Gasteiger partial charge in [0.15, 0.2) is 12.7 Å². The number of thioether (sulfide) groups is 1. The molecule has 1 aliphatic heterocycles. The number of hydrogen-bond acceptors (Lipinski definition) is 6. The minimum Gasteiger partial charge on any atom is -0.392 e. The molecule has 9 heteroatoms. The van der Waals surface area contributed by atoms with E-state index in [4.69, 9.17) is 0 Å². The van der Waals surface area contributed by atoms with E-state index in [2.05, 4.69) is 10.6 Å². The molecular formula is C25H23FN3O2S3+. The van der Waals surface area contributed by atoms with Gasteiger partial charge >= 0.3 is 0 Å². The van der Waals surface area contributed by atoms with Gasteiger partial charge in [-0.3, -0.25) is 9.36 Å². The predicted octanol–water partition coefficient (Wildman–Crippen LogP) is 3.10. The first-order chi connectivity index (χ1) is 16.5. The number of thiazole rings is 2. The first-order valence-corrected chi connectivity index (χ1v) is 13.3. The third kappa shape index (κ3) is 4.13. The molecule has 2 aromatic carbocycles. The zero-order chi connectivity index (χ0) is 23.8. The van der Waals surface area contributed by atoms with E-state index >= 15 is 0 Å². The van der Waals surface area contributed by atoms with Crippen LogP contribution in [0.15, 0.2) is 63.7 Å². The molecule has 2 aromatic heterocycles. The molecule has 174 valence electrons. The molecule has 0 fully saturated rings. The van der Waals surface area contributed by atoms with Crippen molar-refractivity contribution in [3.05, 3.63) is 95.5 Å². The van der Waals surface area contributed by atoms with Crippen LogP contribution in [0.25, 0.3) is 11.1 Å². The van der Waals surface area contributed by atoms with Gasteiger partial charge in [-0.2, -0.15) is 4.57 Å². The zero-order valence-electron chi connectivity index (χ0n) is 18.7. The molecule has 0 atom stereocenters. The summed E-state index contributed by atoms with van der Waals surface area (Å²) in [4.78, 5) is 16.1. The normalized spacial score (nSPS) is 15.3. The van der Waals surface area contributed by atoms with Gasteiger partial charge in [0.2, 0.25) is 0 Å². The van der Waals surface area contributed by atoms with Gasteiger partial charge in [0.25, 0.3) is 10.6 Å². The molecule has 0 spiro atoms. The van der Waals surface area contributed by atoms with Crippen LogP contribution >= 0.6 is 34.4 Å².